The van der Waals surface area contributed by atoms with E-state index in [0.717, 1.165) is 44.9 Å². The average molecular weight is 674 g/mol. The quantitative estimate of drug-likeness (QED) is 0.0642. The summed E-state index contributed by atoms with van der Waals surface area (Å²) < 4.78 is 0. The van der Waals surface area contributed by atoms with E-state index >= 15 is 0 Å². The number of hydrogen-bond acceptors (Lipinski definition) is 8. The number of oxime groups is 2. The maximum atomic E-state index is 14.3. The summed E-state index contributed by atoms with van der Waals surface area (Å²) in [6, 6.07) is 27.6. The van der Waals surface area contributed by atoms with E-state index in [1.165, 1.54) is 19.4 Å². The molecule has 0 heterocycles. The summed E-state index contributed by atoms with van der Waals surface area (Å²) in [7, 11) is 0. The lowest BCUT2D eigenvalue weighted by Gasteiger charge is -2.26. The van der Waals surface area contributed by atoms with Gasteiger partial charge in [-0.25, -0.2) is 9.59 Å². The highest BCUT2D eigenvalue weighted by Crippen LogP contribution is 2.37. The Morgan fingerprint density at radius 2 is 0.860 bits per heavy atom. The molecule has 4 aromatic carbocycles. The van der Waals surface area contributed by atoms with E-state index in [1.807, 2.05) is 72.8 Å². The number of ketones is 1. The Morgan fingerprint density at radius 3 is 1.16 bits per heavy atom. The summed E-state index contributed by atoms with van der Waals surface area (Å²) in [6.45, 7) is 19.1. The van der Waals surface area contributed by atoms with Crippen LogP contribution in [0.4, 0.5) is 17.1 Å². The normalized spacial score (nSPS) is 12.0. The fourth-order valence-electron chi connectivity index (χ4n) is 5.65. The van der Waals surface area contributed by atoms with Crippen LogP contribution in [0.25, 0.3) is 0 Å². The van der Waals surface area contributed by atoms with E-state index in [4.69, 9.17) is 9.68 Å². The van der Waals surface area contributed by atoms with Crippen molar-refractivity contribution in [3.8, 4) is 0 Å². The van der Waals surface area contributed by atoms with E-state index in [9.17, 15) is 14.4 Å². The number of anilines is 3. The zero-order valence-corrected chi connectivity index (χ0v) is 30.7. The highest BCUT2D eigenvalue weighted by Gasteiger charge is 2.24. The summed E-state index contributed by atoms with van der Waals surface area (Å²) >= 11 is 0. The summed E-state index contributed by atoms with van der Waals surface area (Å²) in [5.74, 6) is -0.215. The van der Waals surface area contributed by atoms with Crippen molar-refractivity contribution in [3.05, 3.63) is 124 Å². The van der Waals surface area contributed by atoms with Gasteiger partial charge in [0.05, 0.1) is 11.4 Å². The molecule has 0 unspecified atom stereocenters. The summed E-state index contributed by atoms with van der Waals surface area (Å²) in [5.41, 5.74) is 10.1. The third-order valence-electron chi connectivity index (χ3n) is 8.46. The Morgan fingerprint density at radius 1 is 0.520 bits per heavy atom. The number of benzene rings is 4. The standard InChI is InChI=1S/C42H47N3O5/c1-25(2)35-23-39(26(3)4)41(40(24-35)27(5)6)42(48)34-15-21-38(22-16-34)45(36-17-11-32(12-18-36)28(7)43-49-30(9)46)37-19-13-33(14-20-37)29(8)44-50-31(10)47/h11-27H,1-10H3. The lowest BCUT2D eigenvalue weighted by atomic mass is 9.81. The molecule has 0 fully saturated rings. The predicted molar refractivity (Wildman–Crippen MR) is 201 cm³/mol. The van der Waals surface area contributed by atoms with Gasteiger partial charge in [-0.1, -0.05) is 88.3 Å². The van der Waals surface area contributed by atoms with Crippen LogP contribution < -0.4 is 4.90 Å². The fraction of sp³-hybridized carbons (Fsp3) is 0.310. The molecule has 0 saturated carbocycles. The first-order valence-electron chi connectivity index (χ1n) is 17.0. The SMILES string of the molecule is CC(=O)ON=C(C)c1ccc(N(c2ccc(C(=O)c3c(C(C)C)cc(C(C)C)cc3C(C)C)cc2)c2ccc(C(C)=NOC(C)=O)cc2)cc1. The van der Waals surface area contributed by atoms with Crippen molar-refractivity contribution < 1.29 is 24.1 Å². The Balaban J connectivity index is 1.78. The molecule has 0 radical (unpaired) electrons. The zero-order chi connectivity index (χ0) is 36.7. The van der Waals surface area contributed by atoms with E-state index < -0.39 is 11.9 Å². The minimum absolute atomic E-state index is 0.0181. The van der Waals surface area contributed by atoms with Gasteiger partial charge in [0.1, 0.15) is 0 Å². The van der Waals surface area contributed by atoms with Crippen molar-refractivity contribution in [2.75, 3.05) is 4.90 Å². The number of nitrogens with zero attached hydrogens (tertiary/aromatic N) is 3. The van der Waals surface area contributed by atoms with Gasteiger partial charge in [-0.2, -0.15) is 0 Å². The van der Waals surface area contributed by atoms with Gasteiger partial charge in [-0.15, -0.1) is 0 Å². The monoisotopic (exact) mass is 673 g/mol. The molecule has 0 amide bonds. The van der Waals surface area contributed by atoms with Gasteiger partial charge in [-0.05, 0) is 108 Å². The first-order chi connectivity index (χ1) is 23.7. The molecule has 0 spiro atoms. The Bertz CT molecular complexity index is 1800. The molecule has 0 bridgehead atoms. The van der Waals surface area contributed by atoms with E-state index in [-0.39, 0.29) is 17.6 Å². The van der Waals surface area contributed by atoms with Gasteiger partial charge >= 0.3 is 11.9 Å². The van der Waals surface area contributed by atoms with Crippen molar-refractivity contribution in [2.45, 2.75) is 87.0 Å². The average Bonchev–Trinajstić information content (AvgIpc) is 3.09. The van der Waals surface area contributed by atoms with Crippen LogP contribution in [-0.2, 0) is 19.3 Å². The van der Waals surface area contributed by atoms with Crippen molar-refractivity contribution in [1.29, 1.82) is 0 Å². The van der Waals surface area contributed by atoms with Crippen molar-refractivity contribution >= 4 is 46.2 Å². The third kappa shape index (κ3) is 8.99. The van der Waals surface area contributed by atoms with Crippen LogP contribution in [0.3, 0.4) is 0 Å². The molecule has 0 aliphatic carbocycles. The number of rotatable bonds is 12. The van der Waals surface area contributed by atoms with Gasteiger partial charge < -0.3 is 14.6 Å². The van der Waals surface area contributed by atoms with Crippen LogP contribution in [0, 0.1) is 0 Å². The maximum absolute atomic E-state index is 14.3. The van der Waals surface area contributed by atoms with Gasteiger partial charge in [0.2, 0.25) is 0 Å². The van der Waals surface area contributed by atoms with Crippen LogP contribution in [0.1, 0.15) is 131 Å². The lowest BCUT2D eigenvalue weighted by Crippen LogP contribution is -2.14. The van der Waals surface area contributed by atoms with Gasteiger partial charge in [0, 0.05) is 42.0 Å². The number of carbonyl (C=O) groups is 3. The molecule has 4 aromatic rings. The second-order valence-corrected chi connectivity index (χ2v) is 13.4. The van der Waals surface area contributed by atoms with Gasteiger partial charge in [0.25, 0.3) is 0 Å². The molecule has 0 aliphatic rings. The molecule has 50 heavy (non-hydrogen) atoms. The molecule has 0 aromatic heterocycles. The molecule has 0 saturated heterocycles. The molecule has 0 atom stereocenters. The molecule has 4 rings (SSSR count). The van der Waals surface area contributed by atoms with Crippen LogP contribution in [0.5, 0.6) is 0 Å². The molecule has 0 aliphatic heterocycles. The van der Waals surface area contributed by atoms with Crippen LogP contribution in [0.15, 0.2) is 95.2 Å². The second kappa shape index (κ2) is 16.4. The third-order valence-corrected chi connectivity index (χ3v) is 8.46. The Hall–Kier alpha value is -5.37. The highest BCUT2D eigenvalue weighted by atomic mass is 16.7. The summed E-state index contributed by atoms with van der Waals surface area (Å²) in [5, 5.41) is 7.83. The molecular weight excluding hydrogens is 626 g/mol. The highest BCUT2D eigenvalue weighted by molar-refractivity contribution is 6.11. The molecule has 8 heteroatoms. The summed E-state index contributed by atoms with van der Waals surface area (Å²) in [6.07, 6.45) is 0. The minimum Gasteiger partial charge on any atom is -0.318 e. The molecule has 0 N–H and O–H groups in total. The Labute approximate surface area is 295 Å². The predicted octanol–water partition coefficient (Wildman–Crippen LogP) is 10.3. The maximum Gasteiger partial charge on any atom is 0.331 e. The smallest absolute Gasteiger partial charge is 0.318 e. The molecular formula is C42H47N3O5. The van der Waals surface area contributed by atoms with Gasteiger partial charge in [-0.3, -0.25) is 4.79 Å². The van der Waals surface area contributed by atoms with Gasteiger partial charge in [0.15, 0.2) is 5.78 Å². The first kappa shape index (κ1) is 37.4. The topological polar surface area (TPSA) is 97.6 Å². The Kier molecular flexibility index (Phi) is 12.2. The first-order valence-corrected chi connectivity index (χ1v) is 17.0. The van der Waals surface area contributed by atoms with E-state index in [1.54, 1.807) is 13.8 Å². The van der Waals surface area contributed by atoms with Crippen molar-refractivity contribution in [2.24, 2.45) is 10.3 Å². The second-order valence-electron chi connectivity index (χ2n) is 13.4. The van der Waals surface area contributed by atoms with Crippen molar-refractivity contribution in [3.63, 3.8) is 0 Å². The fourth-order valence-corrected chi connectivity index (χ4v) is 5.65. The molecule has 8 nitrogen and oxygen atoms in total. The van der Waals surface area contributed by atoms with E-state index in [0.29, 0.717) is 22.9 Å². The van der Waals surface area contributed by atoms with Crippen LogP contribution in [0.2, 0.25) is 0 Å². The largest absolute Gasteiger partial charge is 0.331 e. The number of hydrogen-bond donors (Lipinski definition) is 0. The van der Waals surface area contributed by atoms with E-state index in [2.05, 4.69) is 68.9 Å². The summed E-state index contributed by atoms with van der Waals surface area (Å²) in [4.78, 5) is 48.5. The van der Waals surface area contributed by atoms with Crippen LogP contribution in [-0.4, -0.2) is 29.1 Å². The number of carbonyl (C=O) groups excluding carboxylic acids is 3. The molecule has 260 valence electrons. The zero-order valence-electron chi connectivity index (χ0n) is 30.7. The van der Waals surface area contributed by atoms with Crippen molar-refractivity contribution in [1.82, 2.24) is 0 Å². The lowest BCUT2D eigenvalue weighted by molar-refractivity contribution is -0.141. The van der Waals surface area contributed by atoms with Crippen LogP contribution >= 0.6 is 0 Å². The minimum atomic E-state index is -0.487.